The van der Waals surface area contributed by atoms with Crippen LogP contribution in [-0.4, -0.2) is 25.1 Å². The van der Waals surface area contributed by atoms with Crippen LogP contribution < -0.4 is 10.1 Å². The second-order valence-corrected chi connectivity index (χ2v) is 6.19. The van der Waals surface area contributed by atoms with Gasteiger partial charge in [0.1, 0.15) is 11.6 Å². The summed E-state index contributed by atoms with van der Waals surface area (Å²) < 4.78 is 18.5. The summed E-state index contributed by atoms with van der Waals surface area (Å²) >= 11 is 0. The molecule has 0 radical (unpaired) electrons. The van der Waals surface area contributed by atoms with Gasteiger partial charge in [-0.3, -0.25) is 0 Å². The van der Waals surface area contributed by atoms with Gasteiger partial charge in [-0.1, -0.05) is 30.3 Å². The zero-order valence-electron chi connectivity index (χ0n) is 14.8. The number of hydrogen-bond donors (Lipinski definition) is 1. The van der Waals surface area contributed by atoms with Crippen molar-refractivity contribution in [1.82, 2.24) is 10.2 Å². The Bertz CT molecular complexity index is 927. The molecule has 134 valence electrons. The van der Waals surface area contributed by atoms with E-state index < -0.39 is 0 Å². The number of hydrogen-bond acceptors (Lipinski definition) is 2. The number of halogens is 1. The number of carbonyl (C=O) groups excluding carboxylic acids is 1. The van der Waals surface area contributed by atoms with Gasteiger partial charge in [0.05, 0.1) is 7.11 Å². The van der Waals surface area contributed by atoms with E-state index in [4.69, 9.17) is 4.74 Å². The Morgan fingerprint density at radius 1 is 1.04 bits per heavy atom. The smallest absolute Gasteiger partial charge is 0.317 e. The molecule has 0 atom stereocenters. The summed E-state index contributed by atoms with van der Waals surface area (Å²) in [7, 11) is 3.33. The molecule has 0 saturated carbocycles. The lowest BCUT2D eigenvalue weighted by molar-refractivity contribution is 0.206. The molecule has 2 amide bonds. The van der Waals surface area contributed by atoms with Crippen LogP contribution in [0.25, 0.3) is 10.8 Å². The molecular weight excluding hydrogens is 331 g/mol. The third-order valence-electron chi connectivity index (χ3n) is 4.21. The number of methoxy groups -OCH3 is 1. The fraction of sp³-hybridized carbons (Fsp3) is 0.190. The van der Waals surface area contributed by atoms with Crippen LogP contribution in [0.1, 0.15) is 11.1 Å². The maximum absolute atomic E-state index is 13.2. The van der Waals surface area contributed by atoms with Gasteiger partial charge in [0.15, 0.2) is 0 Å². The van der Waals surface area contributed by atoms with Crippen molar-refractivity contribution >= 4 is 16.8 Å². The van der Waals surface area contributed by atoms with Crippen molar-refractivity contribution < 1.29 is 13.9 Å². The number of carbonyl (C=O) groups is 1. The van der Waals surface area contributed by atoms with Gasteiger partial charge < -0.3 is 15.0 Å². The van der Waals surface area contributed by atoms with Gasteiger partial charge in [-0.05, 0) is 52.2 Å². The second kappa shape index (κ2) is 7.87. The number of nitrogens with zero attached hydrogens (tertiary/aromatic N) is 1. The van der Waals surface area contributed by atoms with Crippen LogP contribution in [0.5, 0.6) is 5.75 Å². The van der Waals surface area contributed by atoms with Crippen LogP contribution in [0.3, 0.4) is 0 Å². The average molecular weight is 352 g/mol. The Balaban J connectivity index is 1.60. The lowest BCUT2D eigenvalue weighted by Crippen LogP contribution is -2.36. The monoisotopic (exact) mass is 352 g/mol. The van der Waals surface area contributed by atoms with Crippen molar-refractivity contribution in [1.29, 1.82) is 0 Å². The Morgan fingerprint density at radius 2 is 1.81 bits per heavy atom. The Morgan fingerprint density at radius 3 is 2.58 bits per heavy atom. The topological polar surface area (TPSA) is 41.6 Å². The number of benzene rings is 3. The molecule has 0 aliphatic heterocycles. The Labute approximate surface area is 152 Å². The van der Waals surface area contributed by atoms with Gasteiger partial charge >= 0.3 is 6.03 Å². The SMILES string of the molecule is COc1ccc2cc(CNC(=O)N(C)Cc3cccc(F)c3)ccc2c1. The highest BCUT2D eigenvalue weighted by molar-refractivity contribution is 5.84. The van der Waals surface area contributed by atoms with E-state index in [9.17, 15) is 9.18 Å². The number of ether oxygens (including phenoxy) is 1. The van der Waals surface area contributed by atoms with Crippen LogP contribution in [-0.2, 0) is 13.1 Å². The van der Waals surface area contributed by atoms with Crippen LogP contribution in [0.4, 0.5) is 9.18 Å². The largest absolute Gasteiger partial charge is 0.497 e. The molecule has 0 unspecified atom stereocenters. The minimum absolute atomic E-state index is 0.205. The van der Waals surface area contributed by atoms with Gasteiger partial charge in [0.25, 0.3) is 0 Å². The van der Waals surface area contributed by atoms with Crippen LogP contribution >= 0.6 is 0 Å². The number of nitrogens with one attached hydrogen (secondary N) is 1. The van der Waals surface area contributed by atoms with Crippen molar-refractivity contribution in [3.8, 4) is 5.75 Å². The molecule has 3 aromatic rings. The highest BCUT2D eigenvalue weighted by atomic mass is 19.1. The van der Waals surface area contributed by atoms with Crippen molar-refractivity contribution in [2.24, 2.45) is 0 Å². The fourth-order valence-electron chi connectivity index (χ4n) is 2.80. The Kier molecular flexibility index (Phi) is 5.37. The van der Waals surface area contributed by atoms with Crippen LogP contribution in [0.15, 0.2) is 60.7 Å². The van der Waals surface area contributed by atoms with E-state index in [1.807, 2.05) is 36.4 Å². The van der Waals surface area contributed by atoms with Crippen molar-refractivity contribution in [2.75, 3.05) is 14.2 Å². The summed E-state index contributed by atoms with van der Waals surface area (Å²) in [6, 6.07) is 18.0. The molecule has 3 rings (SSSR count). The summed E-state index contributed by atoms with van der Waals surface area (Å²) in [5.41, 5.74) is 1.76. The predicted molar refractivity (Wildman–Crippen MR) is 101 cm³/mol. The lowest BCUT2D eigenvalue weighted by Gasteiger charge is -2.18. The van der Waals surface area contributed by atoms with E-state index in [2.05, 4.69) is 5.32 Å². The van der Waals surface area contributed by atoms with Crippen LogP contribution in [0.2, 0.25) is 0 Å². The first-order valence-corrected chi connectivity index (χ1v) is 8.35. The molecule has 0 saturated heterocycles. The minimum atomic E-state index is -0.302. The van der Waals surface area contributed by atoms with Gasteiger partial charge in [0, 0.05) is 20.1 Å². The van der Waals surface area contributed by atoms with Crippen molar-refractivity contribution in [3.63, 3.8) is 0 Å². The third kappa shape index (κ3) is 4.30. The summed E-state index contributed by atoms with van der Waals surface area (Å²) in [5.74, 6) is 0.515. The van der Waals surface area contributed by atoms with Gasteiger partial charge in [0.2, 0.25) is 0 Å². The molecule has 0 fully saturated rings. The minimum Gasteiger partial charge on any atom is -0.497 e. The molecular formula is C21H21FN2O2. The van der Waals surface area contributed by atoms with Gasteiger partial charge in [-0.2, -0.15) is 0 Å². The maximum atomic E-state index is 13.2. The third-order valence-corrected chi connectivity index (χ3v) is 4.21. The number of amides is 2. The summed E-state index contributed by atoms with van der Waals surface area (Å²) in [4.78, 5) is 13.8. The first kappa shape index (κ1) is 17.7. The maximum Gasteiger partial charge on any atom is 0.317 e. The molecule has 0 bridgehead atoms. The normalized spacial score (nSPS) is 10.6. The summed E-state index contributed by atoms with van der Waals surface area (Å²) in [5, 5.41) is 5.06. The van der Waals surface area contributed by atoms with Crippen LogP contribution in [0, 0.1) is 5.82 Å². The molecule has 3 aromatic carbocycles. The molecule has 26 heavy (non-hydrogen) atoms. The number of urea groups is 1. The standard InChI is InChI=1S/C21H21FN2O2/c1-24(14-16-4-3-5-19(22)11-16)21(25)23-13-15-6-7-18-12-20(26-2)9-8-17(18)10-15/h3-12H,13-14H2,1-2H3,(H,23,25). The molecule has 1 N–H and O–H groups in total. The quantitative estimate of drug-likeness (QED) is 0.743. The predicted octanol–water partition coefficient (Wildman–Crippen LogP) is 4.33. The molecule has 0 spiro atoms. The van der Waals surface area contributed by atoms with E-state index in [1.165, 1.54) is 17.0 Å². The average Bonchev–Trinajstić information content (AvgIpc) is 2.65. The van der Waals surface area contributed by atoms with E-state index in [-0.39, 0.29) is 11.8 Å². The molecule has 0 aromatic heterocycles. The van der Waals surface area contributed by atoms with Crippen molar-refractivity contribution in [2.45, 2.75) is 13.1 Å². The van der Waals surface area contributed by atoms with E-state index in [0.29, 0.717) is 13.1 Å². The number of rotatable bonds is 5. The van der Waals surface area contributed by atoms with E-state index in [0.717, 1.165) is 27.6 Å². The van der Waals surface area contributed by atoms with Gasteiger partial charge in [-0.25, -0.2) is 9.18 Å². The molecule has 0 heterocycles. The number of fused-ring (bicyclic) bond motifs is 1. The fourth-order valence-corrected chi connectivity index (χ4v) is 2.80. The van der Waals surface area contributed by atoms with Crippen molar-refractivity contribution in [3.05, 3.63) is 77.6 Å². The zero-order chi connectivity index (χ0) is 18.5. The first-order valence-electron chi connectivity index (χ1n) is 8.35. The first-order chi connectivity index (χ1) is 12.5. The zero-order valence-corrected chi connectivity index (χ0v) is 14.8. The lowest BCUT2D eigenvalue weighted by atomic mass is 10.1. The second-order valence-electron chi connectivity index (χ2n) is 6.19. The summed E-state index contributed by atoms with van der Waals surface area (Å²) in [6.07, 6.45) is 0. The van der Waals surface area contributed by atoms with E-state index in [1.54, 1.807) is 26.3 Å². The Hall–Kier alpha value is -3.08. The molecule has 5 heteroatoms. The highest BCUT2D eigenvalue weighted by Gasteiger charge is 2.09. The van der Waals surface area contributed by atoms with E-state index >= 15 is 0 Å². The molecule has 0 aliphatic rings. The molecule has 4 nitrogen and oxygen atoms in total. The molecule has 0 aliphatic carbocycles. The highest BCUT2D eigenvalue weighted by Crippen LogP contribution is 2.21. The van der Waals surface area contributed by atoms with Gasteiger partial charge in [-0.15, -0.1) is 0 Å². The summed E-state index contributed by atoms with van der Waals surface area (Å²) in [6.45, 7) is 0.773.